The van der Waals surface area contributed by atoms with E-state index in [4.69, 9.17) is 16.7 Å². The van der Waals surface area contributed by atoms with Gasteiger partial charge in [-0.05, 0) is 55.4 Å². The average molecular weight is 271 g/mol. The van der Waals surface area contributed by atoms with Gasteiger partial charge in [0.25, 0.3) is 0 Å². The van der Waals surface area contributed by atoms with E-state index in [1.165, 1.54) is 0 Å². The predicted molar refractivity (Wildman–Crippen MR) is 68.6 cm³/mol. The largest absolute Gasteiger partial charge is 0.481 e. The van der Waals surface area contributed by atoms with Crippen molar-refractivity contribution in [2.24, 2.45) is 5.92 Å². The first-order chi connectivity index (χ1) is 8.41. The fourth-order valence-electron chi connectivity index (χ4n) is 2.50. The van der Waals surface area contributed by atoms with Gasteiger partial charge in [0.1, 0.15) is 5.82 Å². The number of aliphatic carboxylic acids is 1. The zero-order valence-electron chi connectivity index (χ0n) is 10.5. The Kier molecular flexibility index (Phi) is 3.62. The molecule has 1 fully saturated rings. The van der Waals surface area contributed by atoms with Crippen LogP contribution in [0.3, 0.4) is 0 Å². The van der Waals surface area contributed by atoms with E-state index in [-0.39, 0.29) is 24.1 Å². The number of rotatable bonds is 4. The molecule has 1 N–H and O–H groups in total. The SMILES string of the molecule is Cc1cc(Cl)c(C)c(C(CC(=O)O)C2CC2)c1F. The number of carboxylic acids is 1. The fourth-order valence-corrected chi connectivity index (χ4v) is 2.76. The zero-order valence-corrected chi connectivity index (χ0v) is 11.2. The van der Waals surface area contributed by atoms with Gasteiger partial charge in [0, 0.05) is 10.9 Å². The molecular weight excluding hydrogens is 255 g/mol. The summed E-state index contributed by atoms with van der Waals surface area (Å²) >= 11 is 6.08. The quantitative estimate of drug-likeness (QED) is 0.896. The van der Waals surface area contributed by atoms with Crippen molar-refractivity contribution in [3.8, 4) is 0 Å². The highest BCUT2D eigenvalue weighted by atomic mass is 35.5. The summed E-state index contributed by atoms with van der Waals surface area (Å²) in [7, 11) is 0. The third kappa shape index (κ3) is 2.51. The lowest BCUT2D eigenvalue weighted by molar-refractivity contribution is -0.137. The molecule has 0 aromatic heterocycles. The number of benzene rings is 1. The van der Waals surface area contributed by atoms with Crippen molar-refractivity contribution < 1.29 is 14.3 Å². The monoisotopic (exact) mass is 270 g/mol. The molecule has 0 radical (unpaired) electrons. The molecule has 2 rings (SSSR count). The molecule has 1 aromatic carbocycles. The lowest BCUT2D eigenvalue weighted by Gasteiger charge is -2.20. The van der Waals surface area contributed by atoms with Crippen LogP contribution in [0.15, 0.2) is 6.07 Å². The van der Waals surface area contributed by atoms with Crippen LogP contribution in [0, 0.1) is 25.6 Å². The van der Waals surface area contributed by atoms with Gasteiger partial charge in [-0.25, -0.2) is 4.39 Å². The molecule has 98 valence electrons. The molecule has 0 aliphatic heterocycles. The van der Waals surface area contributed by atoms with Gasteiger partial charge in [-0.2, -0.15) is 0 Å². The zero-order chi connectivity index (χ0) is 13.4. The van der Waals surface area contributed by atoms with Crippen LogP contribution in [0.4, 0.5) is 4.39 Å². The molecule has 4 heteroatoms. The molecule has 2 nitrogen and oxygen atoms in total. The van der Waals surface area contributed by atoms with Gasteiger partial charge >= 0.3 is 5.97 Å². The first-order valence-electron chi connectivity index (χ1n) is 6.08. The molecule has 1 atom stereocenters. The topological polar surface area (TPSA) is 37.3 Å². The Morgan fingerprint density at radius 3 is 2.67 bits per heavy atom. The average Bonchev–Trinajstić information content (AvgIpc) is 3.08. The number of halogens is 2. The molecular formula is C14H16ClFO2. The van der Waals surface area contributed by atoms with Crippen LogP contribution in [0.1, 0.15) is 41.9 Å². The number of carbonyl (C=O) groups is 1. The maximum absolute atomic E-state index is 14.3. The molecule has 0 amide bonds. The lowest BCUT2D eigenvalue weighted by Crippen LogP contribution is -2.13. The molecule has 1 aliphatic rings. The molecule has 1 saturated carbocycles. The minimum absolute atomic E-state index is 0.0256. The van der Waals surface area contributed by atoms with Crippen LogP contribution in [0.25, 0.3) is 0 Å². The summed E-state index contributed by atoms with van der Waals surface area (Å²) in [4.78, 5) is 11.0. The van der Waals surface area contributed by atoms with Crippen LogP contribution >= 0.6 is 11.6 Å². The van der Waals surface area contributed by atoms with Gasteiger partial charge < -0.3 is 5.11 Å². The summed E-state index contributed by atoms with van der Waals surface area (Å²) < 4.78 is 14.3. The highest BCUT2D eigenvalue weighted by Gasteiger charge is 2.36. The van der Waals surface area contributed by atoms with Crippen molar-refractivity contribution in [1.82, 2.24) is 0 Å². The lowest BCUT2D eigenvalue weighted by atomic mass is 9.86. The van der Waals surface area contributed by atoms with Gasteiger partial charge in [-0.15, -0.1) is 0 Å². The molecule has 1 unspecified atom stereocenters. The highest BCUT2D eigenvalue weighted by molar-refractivity contribution is 6.31. The number of aryl methyl sites for hydroxylation is 1. The Balaban J connectivity index is 2.49. The third-order valence-corrected chi connectivity index (χ3v) is 4.04. The van der Waals surface area contributed by atoms with E-state index in [0.717, 1.165) is 12.8 Å². The van der Waals surface area contributed by atoms with Gasteiger partial charge in [-0.3, -0.25) is 4.79 Å². The summed E-state index contributed by atoms with van der Waals surface area (Å²) in [6.45, 7) is 3.42. The highest BCUT2D eigenvalue weighted by Crippen LogP contribution is 2.47. The summed E-state index contributed by atoms with van der Waals surface area (Å²) in [6.07, 6.45) is 1.92. The Morgan fingerprint density at radius 2 is 2.17 bits per heavy atom. The molecule has 0 heterocycles. The Hall–Kier alpha value is -1.09. The van der Waals surface area contributed by atoms with Crippen LogP contribution in [-0.2, 0) is 4.79 Å². The smallest absolute Gasteiger partial charge is 0.303 e. The van der Waals surface area contributed by atoms with Crippen molar-refractivity contribution in [1.29, 1.82) is 0 Å². The molecule has 0 saturated heterocycles. The van der Waals surface area contributed by atoms with E-state index in [0.29, 0.717) is 21.7 Å². The Morgan fingerprint density at radius 1 is 1.56 bits per heavy atom. The van der Waals surface area contributed by atoms with Crippen LogP contribution in [-0.4, -0.2) is 11.1 Å². The first kappa shape index (κ1) is 13.3. The second kappa shape index (κ2) is 4.88. The van der Waals surface area contributed by atoms with Crippen molar-refractivity contribution in [3.05, 3.63) is 33.6 Å². The molecule has 18 heavy (non-hydrogen) atoms. The number of hydrogen-bond donors (Lipinski definition) is 1. The van der Waals surface area contributed by atoms with Gasteiger partial charge in [-0.1, -0.05) is 11.6 Å². The molecule has 1 aromatic rings. The summed E-state index contributed by atoms with van der Waals surface area (Å²) in [5, 5.41) is 9.50. The first-order valence-corrected chi connectivity index (χ1v) is 6.46. The van der Waals surface area contributed by atoms with Crippen LogP contribution < -0.4 is 0 Å². The van der Waals surface area contributed by atoms with Gasteiger partial charge in [0.2, 0.25) is 0 Å². The van der Waals surface area contributed by atoms with E-state index < -0.39 is 5.97 Å². The summed E-state index contributed by atoms with van der Waals surface area (Å²) in [5.41, 5.74) is 1.67. The second-order valence-corrected chi connectivity index (χ2v) is 5.48. The number of carboxylic acid groups (broad SMARTS) is 1. The molecule has 0 bridgehead atoms. The molecule has 1 aliphatic carbocycles. The minimum atomic E-state index is -0.886. The summed E-state index contributed by atoms with van der Waals surface area (Å²) in [6, 6.07) is 1.60. The van der Waals surface area contributed by atoms with Gasteiger partial charge in [0.15, 0.2) is 0 Å². The Labute approximate surface area is 111 Å². The van der Waals surface area contributed by atoms with Crippen molar-refractivity contribution >= 4 is 17.6 Å². The van der Waals surface area contributed by atoms with E-state index in [2.05, 4.69) is 0 Å². The van der Waals surface area contributed by atoms with E-state index >= 15 is 0 Å². The van der Waals surface area contributed by atoms with Crippen LogP contribution in [0.5, 0.6) is 0 Å². The minimum Gasteiger partial charge on any atom is -0.481 e. The van der Waals surface area contributed by atoms with Crippen molar-refractivity contribution in [2.75, 3.05) is 0 Å². The van der Waals surface area contributed by atoms with E-state index in [9.17, 15) is 9.18 Å². The second-order valence-electron chi connectivity index (χ2n) is 5.07. The Bertz CT molecular complexity index is 469. The van der Waals surface area contributed by atoms with E-state index in [1.807, 2.05) is 0 Å². The van der Waals surface area contributed by atoms with Gasteiger partial charge in [0.05, 0.1) is 6.42 Å². The third-order valence-electron chi connectivity index (χ3n) is 3.64. The standard InChI is InChI=1S/C14H16ClFO2/c1-7-5-11(15)8(2)13(14(7)16)10(6-12(17)18)9-3-4-9/h5,9-10H,3-4,6H2,1-2H3,(H,17,18). The summed E-state index contributed by atoms with van der Waals surface area (Å²) in [5.74, 6) is -1.15. The predicted octanol–water partition coefficient (Wildman–Crippen LogP) is 4.06. The normalized spacial score (nSPS) is 16.7. The fraction of sp³-hybridized carbons (Fsp3) is 0.500. The van der Waals surface area contributed by atoms with Crippen molar-refractivity contribution in [2.45, 2.75) is 39.0 Å². The van der Waals surface area contributed by atoms with E-state index in [1.54, 1.807) is 19.9 Å². The van der Waals surface area contributed by atoms with Crippen molar-refractivity contribution in [3.63, 3.8) is 0 Å². The molecule has 0 spiro atoms. The maximum atomic E-state index is 14.3. The van der Waals surface area contributed by atoms with Crippen LogP contribution in [0.2, 0.25) is 5.02 Å². The number of hydrogen-bond acceptors (Lipinski definition) is 1. The maximum Gasteiger partial charge on any atom is 0.303 e.